The fourth-order valence-corrected chi connectivity index (χ4v) is 2.64. The number of ether oxygens (including phenoxy) is 2. The van der Waals surface area contributed by atoms with Crippen LogP contribution >= 0.6 is 0 Å². The molecular weight excluding hydrogens is 304 g/mol. The fraction of sp³-hybridized carbons (Fsp3) is 0.0526. The molecule has 0 aromatic heterocycles. The first kappa shape index (κ1) is 14.3. The van der Waals surface area contributed by atoms with Crippen molar-refractivity contribution in [2.75, 3.05) is 6.79 Å². The van der Waals surface area contributed by atoms with Crippen molar-refractivity contribution in [3.05, 3.63) is 71.8 Å². The van der Waals surface area contributed by atoms with Gasteiger partial charge in [0.25, 0.3) is 5.91 Å². The zero-order chi connectivity index (χ0) is 16.4. The molecule has 118 valence electrons. The van der Waals surface area contributed by atoms with Gasteiger partial charge in [0, 0.05) is 5.56 Å². The van der Waals surface area contributed by atoms with E-state index in [1.807, 2.05) is 54.6 Å². The first-order valence-electron chi connectivity index (χ1n) is 7.52. The van der Waals surface area contributed by atoms with E-state index in [-0.39, 0.29) is 12.7 Å². The van der Waals surface area contributed by atoms with Crippen LogP contribution in [0.15, 0.2) is 65.8 Å². The maximum Gasteiger partial charge on any atom is 0.271 e. The Morgan fingerprint density at radius 1 is 1.00 bits per heavy atom. The molecule has 1 aliphatic heterocycles. The lowest BCUT2D eigenvalue weighted by Crippen LogP contribution is -2.17. The van der Waals surface area contributed by atoms with E-state index in [1.165, 1.54) is 0 Å². The van der Waals surface area contributed by atoms with Gasteiger partial charge in [-0.05, 0) is 40.6 Å². The summed E-state index contributed by atoms with van der Waals surface area (Å²) in [5, 5.41) is 5.95. The zero-order valence-electron chi connectivity index (χ0n) is 12.7. The van der Waals surface area contributed by atoms with Crippen LogP contribution in [0, 0.1) is 0 Å². The summed E-state index contributed by atoms with van der Waals surface area (Å²) >= 11 is 0. The van der Waals surface area contributed by atoms with Crippen LogP contribution in [0.4, 0.5) is 0 Å². The van der Waals surface area contributed by atoms with E-state index in [4.69, 9.17) is 9.47 Å². The molecule has 0 saturated heterocycles. The number of amides is 1. The van der Waals surface area contributed by atoms with Crippen molar-refractivity contribution < 1.29 is 14.3 Å². The van der Waals surface area contributed by atoms with E-state index in [1.54, 1.807) is 12.3 Å². The highest BCUT2D eigenvalue weighted by molar-refractivity contribution is 6.07. The van der Waals surface area contributed by atoms with E-state index < -0.39 is 0 Å². The second-order valence-electron chi connectivity index (χ2n) is 5.34. The molecule has 0 saturated carbocycles. The van der Waals surface area contributed by atoms with Crippen molar-refractivity contribution in [1.29, 1.82) is 0 Å². The number of fused-ring (bicyclic) bond motifs is 2. The van der Waals surface area contributed by atoms with Gasteiger partial charge >= 0.3 is 0 Å². The zero-order valence-corrected chi connectivity index (χ0v) is 12.7. The summed E-state index contributed by atoms with van der Waals surface area (Å²) in [5.74, 6) is 1.15. The molecule has 0 bridgehead atoms. The minimum absolute atomic E-state index is 0.230. The average Bonchev–Trinajstić information content (AvgIpc) is 3.09. The first-order valence-corrected chi connectivity index (χ1v) is 7.52. The van der Waals surface area contributed by atoms with E-state index in [2.05, 4.69) is 10.5 Å². The predicted molar refractivity (Wildman–Crippen MR) is 91.6 cm³/mol. The van der Waals surface area contributed by atoms with E-state index in [0.717, 1.165) is 16.3 Å². The molecule has 3 aromatic carbocycles. The maximum atomic E-state index is 12.4. The van der Waals surface area contributed by atoms with E-state index >= 15 is 0 Å². The number of nitrogens with zero attached hydrogens (tertiary/aromatic N) is 1. The average molecular weight is 318 g/mol. The van der Waals surface area contributed by atoms with Gasteiger partial charge in [-0.2, -0.15) is 5.10 Å². The van der Waals surface area contributed by atoms with Gasteiger partial charge in [0.15, 0.2) is 11.5 Å². The number of carbonyl (C=O) groups excluding carboxylic acids is 1. The molecule has 1 heterocycles. The molecule has 24 heavy (non-hydrogen) atoms. The fourth-order valence-electron chi connectivity index (χ4n) is 2.64. The second kappa shape index (κ2) is 6.04. The summed E-state index contributed by atoms with van der Waals surface area (Å²) in [4.78, 5) is 12.4. The highest BCUT2D eigenvalue weighted by Gasteiger charge is 2.12. The molecule has 0 spiro atoms. The van der Waals surface area contributed by atoms with Crippen LogP contribution in [-0.4, -0.2) is 18.9 Å². The summed E-state index contributed by atoms with van der Waals surface area (Å²) in [6.45, 7) is 0.230. The van der Waals surface area contributed by atoms with Gasteiger partial charge in [0.05, 0.1) is 6.21 Å². The lowest BCUT2D eigenvalue weighted by Gasteiger charge is -2.04. The van der Waals surface area contributed by atoms with Crippen molar-refractivity contribution >= 4 is 22.9 Å². The molecule has 5 heteroatoms. The molecule has 4 rings (SSSR count). The second-order valence-corrected chi connectivity index (χ2v) is 5.34. The number of hydrazone groups is 1. The van der Waals surface area contributed by atoms with Crippen LogP contribution in [0.25, 0.3) is 10.8 Å². The predicted octanol–water partition coefficient (Wildman–Crippen LogP) is 3.33. The Labute approximate surface area is 138 Å². The summed E-state index contributed by atoms with van der Waals surface area (Å²) in [5.41, 5.74) is 3.98. The third kappa shape index (κ3) is 2.67. The Morgan fingerprint density at radius 2 is 1.83 bits per heavy atom. The van der Waals surface area contributed by atoms with Crippen LogP contribution in [0.1, 0.15) is 15.9 Å². The Bertz CT molecular complexity index is 945. The van der Waals surface area contributed by atoms with Crippen molar-refractivity contribution in [2.24, 2.45) is 5.10 Å². The third-order valence-electron chi connectivity index (χ3n) is 3.81. The number of rotatable bonds is 3. The minimum Gasteiger partial charge on any atom is -0.454 e. The summed E-state index contributed by atoms with van der Waals surface area (Å²) in [6.07, 6.45) is 1.57. The molecule has 1 aliphatic rings. The van der Waals surface area contributed by atoms with Gasteiger partial charge in [0.2, 0.25) is 6.79 Å². The summed E-state index contributed by atoms with van der Waals surface area (Å²) in [6, 6.07) is 18.9. The molecular formula is C19H14N2O3. The lowest BCUT2D eigenvalue weighted by atomic mass is 10.0. The summed E-state index contributed by atoms with van der Waals surface area (Å²) in [7, 11) is 0. The van der Waals surface area contributed by atoms with E-state index in [9.17, 15) is 4.79 Å². The van der Waals surface area contributed by atoms with Gasteiger partial charge in [-0.1, -0.05) is 36.4 Å². The normalized spacial score (nSPS) is 12.7. The van der Waals surface area contributed by atoms with Gasteiger partial charge < -0.3 is 9.47 Å². The number of hydrogen-bond acceptors (Lipinski definition) is 4. The van der Waals surface area contributed by atoms with Crippen molar-refractivity contribution in [1.82, 2.24) is 5.43 Å². The van der Waals surface area contributed by atoms with E-state index in [0.29, 0.717) is 17.1 Å². The van der Waals surface area contributed by atoms with Gasteiger partial charge in [-0.3, -0.25) is 4.79 Å². The Morgan fingerprint density at radius 3 is 2.79 bits per heavy atom. The quantitative estimate of drug-likeness (QED) is 0.595. The molecule has 1 N–H and O–H groups in total. The molecule has 0 atom stereocenters. The third-order valence-corrected chi connectivity index (χ3v) is 3.81. The van der Waals surface area contributed by atoms with Crippen LogP contribution < -0.4 is 14.9 Å². The molecule has 3 aromatic rings. The number of benzene rings is 3. The van der Waals surface area contributed by atoms with Crippen LogP contribution in [-0.2, 0) is 0 Å². The van der Waals surface area contributed by atoms with Crippen molar-refractivity contribution in [3.63, 3.8) is 0 Å². The molecule has 0 aliphatic carbocycles. The maximum absolute atomic E-state index is 12.4. The Hall–Kier alpha value is -3.34. The Kier molecular flexibility index (Phi) is 3.59. The molecule has 0 radical (unpaired) electrons. The monoisotopic (exact) mass is 318 g/mol. The SMILES string of the molecule is O=C(N/N=C/c1ccc2c(c1)OCO2)c1cccc2ccccc12. The number of nitrogens with one attached hydrogen (secondary N) is 1. The smallest absolute Gasteiger partial charge is 0.271 e. The molecule has 5 nitrogen and oxygen atoms in total. The number of hydrogen-bond donors (Lipinski definition) is 1. The first-order chi connectivity index (χ1) is 11.8. The highest BCUT2D eigenvalue weighted by atomic mass is 16.7. The van der Waals surface area contributed by atoms with Crippen molar-refractivity contribution in [2.45, 2.75) is 0 Å². The van der Waals surface area contributed by atoms with Crippen LogP contribution in [0.5, 0.6) is 11.5 Å². The lowest BCUT2D eigenvalue weighted by molar-refractivity contribution is 0.0957. The van der Waals surface area contributed by atoms with Gasteiger partial charge in [0.1, 0.15) is 0 Å². The Balaban J connectivity index is 1.52. The standard InChI is InChI=1S/C19H14N2O3/c22-19(16-7-3-5-14-4-1-2-6-15(14)16)21-20-11-13-8-9-17-18(10-13)24-12-23-17/h1-11H,12H2,(H,21,22)/b20-11+. The largest absolute Gasteiger partial charge is 0.454 e. The minimum atomic E-state index is -0.246. The van der Waals surface area contributed by atoms with Crippen LogP contribution in [0.2, 0.25) is 0 Å². The van der Waals surface area contributed by atoms with Crippen LogP contribution in [0.3, 0.4) is 0 Å². The topological polar surface area (TPSA) is 59.9 Å². The molecule has 0 fully saturated rings. The van der Waals surface area contributed by atoms with Crippen molar-refractivity contribution in [3.8, 4) is 11.5 Å². The molecule has 1 amide bonds. The number of carbonyl (C=O) groups is 1. The molecule has 0 unspecified atom stereocenters. The summed E-state index contributed by atoms with van der Waals surface area (Å²) < 4.78 is 10.6. The van der Waals surface area contributed by atoms with Gasteiger partial charge in [-0.15, -0.1) is 0 Å². The highest BCUT2D eigenvalue weighted by Crippen LogP contribution is 2.31. The van der Waals surface area contributed by atoms with Gasteiger partial charge in [-0.25, -0.2) is 5.43 Å².